The van der Waals surface area contributed by atoms with Gasteiger partial charge in [-0.1, -0.05) is 70.4 Å². The van der Waals surface area contributed by atoms with Gasteiger partial charge in [-0.05, 0) is 32.1 Å². The molecule has 31 heavy (non-hydrogen) atoms. The number of allylic oxidation sites excluding steroid dienone is 2. The van der Waals surface area contributed by atoms with Gasteiger partial charge in [-0.25, -0.2) is 0 Å². The monoisotopic (exact) mass is 444 g/mol. The Kier molecular flexibility index (Phi) is 19.8. The molecule has 4 N–H and O–H groups in total. The first kappa shape index (κ1) is 29.7. The van der Waals surface area contributed by atoms with Crippen LogP contribution in [0.3, 0.4) is 0 Å². The first-order chi connectivity index (χ1) is 14.9. The average Bonchev–Trinajstić information content (AvgIpc) is 2.78. The molecule has 0 bridgehead atoms. The molecule has 0 unspecified atom stereocenters. The Bertz CT molecular complexity index is 479. The minimum Gasteiger partial charge on any atom is -0.458 e. The van der Waals surface area contributed by atoms with Crippen LogP contribution in [0.2, 0.25) is 0 Å². The summed E-state index contributed by atoms with van der Waals surface area (Å²) in [5.74, 6) is -1.45. The van der Waals surface area contributed by atoms with E-state index in [-0.39, 0.29) is 6.42 Å². The molecule has 7 heteroatoms. The maximum atomic E-state index is 11.6. The number of hydrogen-bond acceptors (Lipinski definition) is 7. The number of hydrogen-bond donors (Lipinski definition) is 4. The van der Waals surface area contributed by atoms with Crippen molar-refractivity contribution in [3.8, 4) is 0 Å². The summed E-state index contributed by atoms with van der Waals surface area (Å²) in [6, 6.07) is 0. The Labute approximate surface area is 187 Å². The Morgan fingerprint density at radius 1 is 0.806 bits per heavy atom. The molecule has 0 aliphatic heterocycles. The number of unbranched alkanes of at least 4 members (excludes halogenated alkanes) is 11. The van der Waals surface area contributed by atoms with E-state index in [1.54, 1.807) is 0 Å². The van der Waals surface area contributed by atoms with Gasteiger partial charge in [0.05, 0.1) is 6.61 Å². The number of carbonyl (C=O) groups excluding carboxylic acids is 2. The number of carbonyl (C=O) groups is 2. The molecule has 0 aromatic carbocycles. The van der Waals surface area contributed by atoms with Crippen molar-refractivity contribution < 1.29 is 34.8 Å². The predicted octanol–water partition coefficient (Wildman–Crippen LogP) is 3.21. The molecule has 0 aromatic rings. The highest BCUT2D eigenvalue weighted by Crippen LogP contribution is 2.10. The summed E-state index contributed by atoms with van der Waals surface area (Å²) < 4.78 is 4.79. The topological polar surface area (TPSA) is 124 Å². The number of rotatable bonds is 21. The van der Waals surface area contributed by atoms with E-state index in [0.29, 0.717) is 6.42 Å². The third kappa shape index (κ3) is 17.0. The van der Waals surface area contributed by atoms with Crippen LogP contribution in [0.1, 0.15) is 96.8 Å². The fraction of sp³-hybridized carbons (Fsp3) is 0.833. The summed E-state index contributed by atoms with van der Waals surface area (Å²) in [6.07, 6.45) is 14.5. The fourth-order valence-corrected chi connectivity index (χ4v) is 3.16. The summed E-state index contributed by atoms with van der Waals surface area (Å²) >= 11 is 0. The van der Waals surface area contributed by atoms with E-state index in [9.17, 15) is 24.9 Å². The summed E-state index contributed by atoms with van der Waals surface area (Å²) in [5.41, 5.74) is 0. The highest BCUT2D eigenvalue weighted by molar-refractivity contribution is 5.86. The second kappa shape index (κ2) is 20.6. The van der Waals surface area contributed by atoms with E-state index in [4.69, 9.17) is 9.84 Å². The van der Waals surface area contributed by atoms with E-state index in [1.165, 1.54) is 44.9 Å². The molecule has 0 rings (SSSR count). The molecular weight excluding hydrogens is 400 g/mol. The maximum Gasteiger partial charge on any atom is 0.306 e. The van der Waals surface area contributed by atoms with Gasteiger partial charge in [-0.15, -0.1) is 0 Å². The van der Waals surface area contributed by atoms with Crippen molar-refractivity contribution in [2.24, 2.45) is 0 Å². The minimum atomic E-state index is -1.91. The van der Waals surface area contributed by atoms with Crippen LogP contribution < -0.4 is 0 Å². The van der Waals surface area contributed by atoms with Crippen LogP contribution in [-0.2, 0) is 14.3 Å². The van der Waals surface area contributed by atoms with Crippen molar-refractivity contribution in [2.75, 3.05) is 13.2 Å². The van der Waals surface area contributed by atoms with Crippen molar-refractivity contribution in [2.45, 2.75) is 115 Å². The Morgan fingerprint density at radius 2 is 1.32 bits per heavy atom. The van der Waals surface area contributed by atoms with E-state index < -0.39 is 43.3 Å². The molecule has 3 atom stereocenters. The maximum absolute atomic E-state index is 11.6. The van der Waals surface area contributed by atoms with E-state index >= 15 is 0 Å². The molecule has 0 aromatic heterocycles. The minimum absolute atomic E-state index is 0.198. The Balaban J connectivity index is 3.56. The lowest BCUT2D eigenvalue weighted by atomic mass is 10.1. The smallest absolute Gasteiger partial charge is 0.306 e. The van der Waals surface area contributed by atoms with Gasteiger partial charge in [-0.2, -0.15) is 0 Å². The lowest BCUT2D eigenvalue weighted by Gasteiger charge is -2.20. The zero-order valence-electron chi connectivity index (χ0n) is 19.2. The SMILES string of the molecule is CCCCCCCCC=CCCCCCCCC(=O)OCC(=O)[C@@H](O)[C@H](O)[C@H](O)CO. The molecule has 0 aliphatic carbocycles. The summed E-state index contributed by atoms with van der Waals surface area (Å²) in [7, 11) is 0. The number of ether oxygens (including phenoxy) is 1. The highest BCUT2D eigenvalue weighted by Gasteiger charge is 2.30. The molecule has 0 fully saturated rings. The first-order valence-corrected chi connectivity index (χ1v) is 11.9. The second-order valence-electron chi connectivity index (χ2n) is 8.15. The first-order valence-electron chi connectivity index (χ1n) is 11.9. The molecule has 0 saturated carbocycles. The average molecular weight is 445 g/mol. The lowest BCUT2D eigenvalue weighted by Crippen LogP contribution is -2.45. The van der Waals surface area contributed by atoms with Crippen LogP contribution in [0.4, 0.5) is 0 Å². The fourth-order valence-electron chi connectivity index (χ4n) is 3.16. The van der Waals surface area contributed by atoms with Crippen LogP contribution in [0.5, 0.6) is 0 Å². The Hall–Kier alpha value is -1.28. The summed E-state index contributed by atoms with van der Waals surface area (Å²) in [5, 5.41) is 36.9. The lowest BCUT2D eigenvalue weighted by molar-refractivity contribution is -0.155. The van der Waals surface area contributed by atoms with Gasteiger partial charge < -0.3 is 25.2 Å². The van der Waals surface area contributed by atoms with Crippen LogP contribution in [0.25, 0.3) is 0 Å². The van der Waals surface area contributed by atoms with Crippen molar-refractivity contribution in [1.29, 1.82) is 0 Å². The van der Waals surface area contributed by atoms with Crippen LogP contribution in [0, 0.1) is 0 Å². The van der Waals surface area contributed by atoms with Gasteiger partial charge in [0, 0.05) is 6.42 Å². The number of aliphatic hydroxyl groups is 4. The third-order valence-electron chi connectivity index (χ3n) is 5.25. The molecule has 0 saturated heterocycles. The summed E-state index contributed by atoms with van der Waals surface area (Å²) in [6.45, 7) is 0.778. The van der Waals surface area contributed by atoms with Crippen molar-refractivity contribution in [3.05, 3.63) is 12.2 Å². The quantitative estimate of drug-likeness (QED) is 0.122. The number of aliphatic hydroxyl groups excluding tert-OH is 4. The molecule has 0 heterocycles. The Morgan fingerprint density at radius 3 is 1.87 bits per heavy atom. The van der Waals surface area contributed by atoms with Crippen molar-refractivity contribution in [1.82, 2.24) is 0 Å². The van der Waals surface area contributed by atoms with Gasteiger partial charge in [0.1, 0.15) is 18.3 Å². The number of esters is 1. The van der Waals surface area contributed by atoms with Crippen LogP contribution in [-0.4, -0.2) is 63.7 Å². The molecule has 0 spiro atoms. The predicted molar refractivity (Wildman–Crippen MR) is 121 cm³/mol. The normalized spacial score (nSPS) is 14.5. The highest BCUT2D eigenvalue weighted by atomic mass is 16.5. The standard InChI is InChI=1S/C24H44O7/c1-2-3-4-5-6-7-8-9-10-11-12-13-14-15-16-17-22(28)31-19-21(27)24(30)23(29)20(26)18-25/h9-10,20,23-26,29-30H,2-8,11-19H2,1H3/t20-,23-,24-/m1/s1. The molecular formula is C24H44O7. The van der Waals surface area contributed by atoms with E-state index in [1.807, 2.05) is 0 Å². The van der Waals surface area contributed by atoms with Gasteiger partial charge in [0.25, 0.3) is 0 Å². The molecule has 0 aliphatic rings. The zero-order chi connectivity index (χ0) is 23.3. The number of Topliss-reactive ketones (excluding diaryl/α,β-unsaturated/α-hetero) is 1. The zero-order valence-corrected chi connectivity index (χ0v) is 19.2. The van der Waals surface area contributed by atoms with Gasteiger partial charge in [0.2, 0.25) is 5.78 Å². The van der Waals surface area contributed by atoms with E-state index in [2.05, 4.69) is 19.1 Å². The van der Waals surface area contributed by atoms with Crippen LogP contribution in [0.15, 0.2) is 12.2 Å². The van der Waals surface area contributed by atoms with Gasteiger partial charge in [0.15, 0.2) is 6.61 Å². The summed E-state index contributed by atoms with van der Waals surface area (Å²) in [4.78, 5) is 23.3. The van der Waals surface area contributed by atoms with Gasteiger partial charge in [-0.3, -0.25) is 9.59 Å². The molecule has 182 valence electrons. The molecule has 0 amide bonds. The second-order valence-corrected chi connectivity index (χ2v) is 8.15. The largest absolute Gasteiger partial charge is 0.458 e. The third-order valence-corrected chi connectivity index (χ3v) is 5.25. The van der Waals surface area contributed by atoms with Crippen LogP contribution >= 0.6 is 0 Å². The number of ketones is 1. The van der Waals surface area contributed by atoms with E-state index in [0.717, 1.165) is 32.1 Å². The van der Waals surface area contributed by atoms with Crippen molar-refractivity contribution in [3.63, 3.8) is 0 Å². The van der Waals surface area contributed by atoms with Gasteiger partial charge >= 0.3 is 5.97 Å². The molecule has 7 nitrogen and oxygen atoms in total. The van der Waals surface area contributed by atoms with Crippen molar-refractivity contribution >= 4 is 11.8 Å². The molecule has 0 radical (unpaired) electrons.